The fourth-order valence-corrected chi connectivity index (χ4v) is 1.65. The minimum absolute atomic E-state index is 0.165. The van der Waals surface area contributed by atoms with Gasteiger partial charge in [-0.1, -0.05) is 30.7 Å². The Kier molecular flexibility index (Phi) is 5.39. The van der Waals surface area contributed by atoms with Gasteiger partial charge in [-0.15, -0.1) is 0 Å². The molecule has 0 unspecified atom stereocenters. The van der Waals surface area contributed by atoms with E-state index in [1.165, 1.54) is 6.08 Å². The van der Waals surface area contributed by atoms with Gasteiger partial charge in [-0.25, -0.2) is 0 Å². The molecule has 1 aromatic carbocycles. The van der Waals surface area contributed by atoms with E-state index in [1.807, 2.05) is 19.1 Å². The number of carbonyl (C=O) groups excluding carboxylic acids is 2. The average molecular weight is 267 g/mol. The van der Waals surface area contributed by atoms with Crippen LogP contribution >= 0.6 is 11.6 Å². The Balaban J connectivity index is 2.82. The highest BCUT2D eigenvalue weighted by Gasteiger charge is 2.04. The predicted molar refractivity (Wildman–Crippen MR) is 71.9 cm³/mol. The monoisotopic (exact) mass is 266 g/mol. The molecular weight excluding hydrogens is 252 g/mol. The smallest absolute Gasteiger partial charge is 0.244 e. The Hall–Kier alpha value is -1.81. The maximum Gasteiger partial charge on any atom is 0.244 e. The first-order chi connectivity index (χ1) is 8.52. The van der Waals surface area contributed by atoms with Gasteiger partial charge in [-0.3, -0.25) is 9.59 Å². The van der Waals surface area contributed by atoms with Crippen LogP contribution in [-0.2, 0) is 9.59 Å². The van der Waals surface area contributed by atoms with Crippen molar-refractivity contribution in [2.45, 2.75) is 13.3 Å². The SMILES string of the molecule is CCC(=CC(=O)NCC(N)=O)c1cccc(Cl)c1. The zero-order valence-corrected chi connectivity index (χ0v) is 10.8. The zero-order valence-electron chi connectivity index (χ0n) is 10.1. The highest BCUT2D eigenvalue weighted by atomic mass is 35.5. The summed E-state index contributed by atoms with van der Waals surface area (Å²) in [6.07, 6.45) is 2.14. The van der Waals surface area contributed by atoms with Gasteiger partial charge in [0, 0.05) is 11.1 Å². The van der Waals surface area contributed by atoms with Crippen LogP contribution in [0.2, 0.25) is 5.02 Å². The van der Waals surface area contributed by atoms with Gasteiger partial charge in [0.2, 0.25) is 11.8 Å². The molecule has 0 aliphatic heterocycles. The first-order valence-electron chi connectivity index (χ1n) is 5.55. The summed E-state index contributed by atoms with van der Waals surface area (Å²) in [6, 6.07) is 7.26. The molecule has 0 aliphatic rings. The number of hydrogen-bond donors (Lipinski definition) is 2. The van der Waals surface area contributed by atoms with E-state index in [-0.39, 0.29) is 12.5 Å². The van der Waals surface area contributed by atoms with Gasteiger partial charge in [0.1, 0.15) is 0 Å². The lowest BCUT2D eigenvalue weighted by Crippen LogP contribution is -2.32. The third-order valence-electron chi connectivity index (χ3n) is 2.32. The van der Waals surface area contributed by atoms with Crippen molar-refractivity contribution in [2.24, 2.45) is 5.73 Å². The zero-order chi connectivity index (χ0) is 13.5. The number of allylic oxidation sites excluding steroid dienone is 1. The molecule has 4 nitrogen and oxygen atoms in total. The van der Waals surface area contributed by atoms with Crippen molar-refractivity contribution >= 4 is 29.0 Å². The molecule has 5 heteroatoms. The number of nitrogens with one attached hydrogen (secondary N) is 1. The summed E-state index contributed by atoms with van der Waals surface area (Å²) in [5.41, 5.74) is 6.68. The second kappa shape index (κ2) is 6.81. The lowest BCUT2D eigenvalue weighted by molar-refractivity contribution is -0.122. The summed E-state index contributed by atoms with van der Waals surface area (Å²) in [7, 11) is 0. The summed E-state index contributed by atoms with van der Waals surface area (Å²) in [6.45, 7) is 1.77. The van der Waals surface area contributed by atoms with E-state index in [4.69, 9.17) is 17.3 Å². The molecule has 96 valence electrons. The third kappa shape index (κ3) is 4.59. The van der Waals surface area contributed by atoms with Crippen molar-refractivity contribution in [1.82, 2.24) is 5.32 Å². The Bertz CT molecular complexity index is 484. The summed E-state index contributed by atoms with van der Waals surface area (Å²) < 4.78 is 0. The second-order valence-corrected chi connectivity index (χ2v) is 4.15. The second-order valence-electron chi connectivity index (χ2n) is 3.72. The summed E-state index contributed by atoms with van der Waals surface area (Å²) in [4.78, 5) is 22.1. The number of primary amides is 1. The number of nitrogens with two attached hydrogens (primary N) is 1. The van der Waals surface area contributed by atoms with Crippen LogP contribution in [0.4, 0.5) is 0 Å². The molecule has 0 fully saturated rings. The van der Waals surface area contributed by atoms with Crippen LogP contribution < -0.4 is 11.1 Å². The minimum atomic E-state index is -0.572. The van der Waals surface area contributed by atoms with E-state index in [2.05, 4.69) is 5.32 Å². The Morgan fingerprint density at radius 1 is 1.44 bits per heavy atom. The lowest BCUT2D eigenvalue weighted by atomic mass is 10.0. The van der Waals surface area contributed by atoms with Crippen molar-refractivity contribution in [3.63, 3.8) is 0 Å². The molecule has 3 N–H and O–H groups in total. The molecule has 18 heavy (non-hydrogen) atoms. The molecule has 0 atom stereocenters. The molecule has 0 aliphatic carbocycles. The quantitative estimate of drug-likeness (QED) is 0.797. The molecule has 0 saturated carbocycles. The number of benzene rings is 1. The number of halogens is 1. The molecule has 0 saturated heterocycles. The van der Waals surface area contributed by atoms with E-state index in [0.29, 0.717) is 11.4 Å². The van der Waals surface area contributed by atoms with Gasteiger partial charge < -0.3 is 11.1 Å². The fraction of sp³-hybridized carbons (Fsp3) is 0.231. The van der Waals surface area contributed by atoms with Crippen LogP contribution in [0.3, 0.4) is 0 Å². The minimum Gasteiger partial charge on any atom is -0.368 e. The molecule has 0 heterocycles. The van der Waals surface area contributed by atoms with Crippen molar-refractivity contribution in [3.05, 3.63) is 40.9 Å². The maximum absolute atomic E-state index is 11.5. The standard InChI is InChI=1S/C13H15ClN2O2/c1-2-9(7-13(18)16-8-12(15)17)10-4-3-5-11(14)6-10/h3-7H,2,8H2,1H3,(H2,15,17)(H,16,18). The van der Waals surface area contributed by atoms with Crippen LogP contribution in [0, 0.1) is 0 Å². The molecule has 1 rings (SSSR count). The van der Waals surface area contributed by atoms with E-state index >= 15 is 0 Å². The van der Waals surface area contributed by atoms with Crippen LogP contribution in [0.5, 0.6) is 0 Å². The van der Waals surface area contributed by atoms with Crippen LogP contribution in [0.1, 0.15) is 18.9 Å². The van der Waals surface area contributed by atoms with Gasteiger partial charge >= 0.3 is 0 Å². The fourth-order valence-electron chi connectivity index (χ4n) is 1.46. The number of carbonyl (C=O) groups is 2. The van der Waals surface area contributed by atoms with Gasteiger partial charge in [0.15, 0.2) is 0 Å². The van der Waals surface area contributed by atoms with Crippen LogP contribution in [0.25, 0.3) is 5.57 Å². The summed E-state index contributed by atoms with van der Waals surface area (Å²) in [5, 5.41) is 3.02. The van der Waals surface area contributed by atoms with Crippen LogP contribution in [-0.4, -0.2) is 18.4 Å². The average Bonchev–Trinajstić information content (AvgIpc) is 2.33. The largest absolute Gasteiger partial charge is 0.368 e. The Morgan fingerprint density at radius 2 is 2.17 bits per heavy atom. The maximum atomic E-state index is 11.5. The third-order valence-corrected chi connectivity index (χ3v) is 2.55. The molecular formula is C13H15ClN2O2. The first kappa shape index (κ1) is 14.3. The van der Waals surface area contributed by atoms with Gasteiger partial charge in [0.05, 0.1) is 6.54 Å². The van der Waals surface area contributed by atoms with E-state index in [1.54, 1.807) is 12.1 Å². The molecule has 2 amide bonds. The van der Waals surface area contributed by atoms with E-state index < -0.39 is 5.91 Å². The first-order valence-corrected chi connectivity index (χ1v) is 5.93. The van der Waals surface area contributed by atoms with Crippen molar-refractivity contribution in [3.8, 4) is 0 Å². The summed E-state index contributed by atoms with van der Waals surface area (Å²) in [5.74, 6) is -0.914. The van der Waals surface area contributed by atoms with Crippen molar-refractivity contribution in [2.75, 3.05) is 6.54 Å². The molecule has 0 radical (unpaired) electrons. The number of amides is 2. The van der Waals surface area contributed by atoms with E-state index in [0.717, 1.165) is 11.1 Å². The molecule has 0 spiro atoms. The normalized spacial score (nSPS) is 11.1. The molecule has 0 aromatic heterocycles. The van der Waals surface area contributed by atoms with Crippen molar-refractivity contribution in [1.29, 1.82) is 0 Å². The topological polar surface area (TPSA) is 72.2 Å². The van der Waals surface area contributed by atoms with Gasteiger partial charge in [-0.2, -0.15) is 0 Å². The Morgan fingerprint density at radius 3 is 2.72 bits per heavy atom. The summed E-state index contributed by atoms with van der Waals surface area (Å²) >= 11 is 5.90. The van der Waals surface area contributed by atoms with Gasteiger partial charge in [0.25, 0.3) is 0 Å². The highest BCUT2D eigenvalue weighted by molar-refractivity contribution is 6.30. The molecule has 1 aromatic rings. The van der Waals surface area contributed by atoms with Gasteiger partial charge in [-0.05, 0) is 29.7 Å². The number of rotatable bonds is 5. The lowest BCUT2D eigenvalue weighted by Gasteiger charge is -2.06. The van der Waals surface area contributed by atoms with Crippen LogP contribution in [0.15, 0.2) is 30.3 Å². The Labute approximate surface area is 111 Å². The number of hydrogen-bond acceptors (Lipinski definition) is 2. The highest BCUT2D eigenvalue weighted by Crippen LogP contribution is 2.21. The van der Waals surface area contributed by atoms with Crippen molar-refractivity contribution < 1.29 is 9.59 Å². The van der Waals surface area contributed by atoms with E-state index in [9.17, 15) is 9.59 Å². The molecule has 0 bridgehead atoms. The predicted octanol–water partition coefficient (Wildman–Crippen LogP) is 1.73.